The zero-order chi connectivity index (χ0) is 14.0. The number of rotatable bonds is 3. The number of anilines is 1. The summed E-state index contributed by atoms with van der Waals surface area (Å²) in [5, 5.41) is 20.7. The Kier molecular flexibility index (Phi) is 3.57. The van der Waals surface area contributed by atoms with E-state index in [2.05, 4.69) is 21.2 Å². The number of hydrogen-bond donors (Lipinski definition) is 3. The first-order valence-electron chi connectivity index (χ1n) is 5.09. The third-order valence-electron chi connectivity index (χ3n) is 2.35. The fourth-order valence-corrected chi connectivity index (χ4v) is 1.86. The van der Waals surface area contributed by atoms with Crippen molar-refractivity contribution in [2.24, 2.45) is 0 Å². The van der Waals surface area contributed by atoms with Crippen LogP contribution >= 0.6 is 15.9 Å². The average Bonchev–Trinajstić information content (AvgIpc) is 2.77. The van der Waals surface area contributed by atoms with Crippen molar-refractivity contribution in [3.05, 3.63) is 46.3 Å². The van der Waals surface area contributed by atoms with Crippen LogP contribution in [0.1, 0.15) is 20.7 Å². The Bertz CT molecular complexity index is 649. The van der Waals surface area contributed by atoms with Crippen LogP contribution in [0, 0.1) is 0 Å². The highest BCUT2D eigenvalue weighted by Crippen LogP contribution is 2.23. The van der Waals surface area contributed by atoms with Crippen LogP contribution in [-0.4, -0.2) is 22.1 Å². The Balaban J connectivity index is 2.25. The summed E-state index contributed by atoms with van der Waals surface area (Å²) in [6.45, 7) is 0. The van der Waals surface area contributed by atoms with Gasteiger partial charge in [0.25, 0.3) is 5.91 Å². The van der Waals surface area contributed by atoms with E-state index in [9.17, 15) is 14.7 Å². The molecule has 98 valence electrons. The van der Waals surface area contributed by atoms with Crippen LogP contribution in [0.2, 0.25) is 0 Å². The Labute approximate surface area is 115 Å². The van der Waals surface area contributed by atoms with Crippen LogP contribution in [0.5, 0.6) is 5.75 Å². The Hall–Kier alpha value is -2.28. The number of aromatic hydroxyl groups is 1. The molecular formula is C12H8BrNO5. The van der Waals surface area contributed by atoms with E-state index in [4.69, 9.17) is 9.52 Å². The summed E-state index contributed by atoms with van der Waals surface area (Å²) < 4.78 is 5.21. The largest absolute Gasteiger partial charge is 0.507 e. The SMILES string of the molecule is O=C(O)c1cc(NC(=O)c2ccoc2Br)ccc1O. The van der Waals surface area contributed by atoms with Gasteiger partial charge in [-0.3, -0.25) is 4.79 Å². The summed E-state index contributed by atoms with van der Waals surface area (Å²) >= 11 is 3.07. The second-order valence-corrected chi connectivity index (χ2v) is 4.32. The molecule has 1 aromatic heterocycles. The zero-order valence-electron chi connectivity index (χ0n) is 9.38. The summed E-state index contributed by atoms with van der Waals surface area (Å²) in [5.41, 5.74) is 0.252. The lowest BCUT2D eigenvalue weighted by atomic mass is 10.1. The van der Waals surface area contributed by atoms with Gasteiger partial charge in [0.05, 0.1) is 11.8 Å². The standard InChI is InChI=1S/C12H8BrNO5/c13-10-7(3-4-19-10)11(16)14-6-1-2-9(15)8(5-6)12(17)18/h1-5,15H,(H,14,16)(H,17,18). The van der Waals surface area contributed by atoms with Crippen molar-refractivity contribution in [3.63, 3.8) is 0 Å². The minimum absolute atomic E-state index is 0.258. The number of carbonyl (C=O) groups excluding carboxylic acids is 1. The molecule has 3 N–H and O–H groups in total. The molecule has 0 bridgehead atoms. The molecule has 0 aliphatic heterocycles. The van der Waals surface area contributed by atoms with E-state index in [1.165, 1.54) is 30.5 Å². The molecule has 7 heteroatoms. The van der Waals surface area contributed by atoms with E-state index >= 15 is 0 Å². The highest BCUT2D eigenvalue weighted by Gasteiger charge is 2.15. The number of carboxylic acids is 1. The van der Waals surface area contributed by atoms with Crippen LogP contribution in [-0.2, 0) is 0 Å². The highest BCUT2D eigenvalue weighted by molar-refractivity contribution is 9.10. The predicted octanol–water partition coefficient (Wildman–Crippen LogP) is 2.70. The second-order valence-electron chi connectivity index (χ2n) is 3.60. The summed E-state index contributed by atoms with van der Waals surface area (Å²) in [4.78, 5) is 22.7. The predicted molar refractivity (Wildman–Crippen MR) is 69.4 cm³/mol. The number of aromatic carboxylic acids is 1. The van der Waals surface area contributed by atoms with E-state index in [1.807, 2.05) is 0 Å². The van der Waals surface area contributed by atoms with Gasteiger partial charge >= 0.3 is 5.97 Å². The minimum Gasteiger partial charge on any atom is -0.507 e. The molecule has 0 aliphatic rings. The smallest absolute Gasteiger partial charge is 0.339 e. The van der Waals surface area contributed by atoms with Crippen molar-refractivity contribution in [1.82, 2.24) is 0 Å². The van der Waals surface area contributed by atoms with Crippen LogP contribution in [0.15, 0.2) is 39.6 Å². The van der Waals surface area contributed by atoms with Gasteiger partial charge in [0.1, 0.15) is 11.3 Å². The number of furan rings is 1. The van der Waals surface area contributed by atoms with Gasteiger partial charge in [0, 0.05) is 5.69 Å². The fourth-order valence-electron chi connectivity index (χ4n) is 1.44. The van der Waals surface area contributed by atoms with Crippen molar-refractivity contribution < 1.29 is 24.2 Å². The van der Waals surface area contributed by atoms with Gasteiger partial charge in [-0.1, -0.05) is 0 Å². The molecule has 1 aromatic carbocycles. The molecule has 2 aromatic rings. The summed E-state index contributed by atoms with van der Waals surface area (Å²) in [6, 6.07) is 5.23. The van der Waals surface area contributed by atoms with Gasteiger partial charge in [-0.2, -0.15) is 0 Å². The molecule has 0 saturated heterocycles. The second kappa shape index (κ2) is 5.15. The van der Waals surface area contributed by atoms with Crippen molar-refractivity contribution in [1.29, 1.82) is 0 Å². The van der Waals surface area contributed by atoms with Crippen molar-refractivity contribution in [3.8, 4) is 5.75 Å². The lowest BCUT2D eigenvalue weighted by Gasteiger charge is -2.06. The number of halogens is 1. The first-order chi connectivity index (χ1) is 8.99. The summed E-state index contributed by atoms with van der Waals surface area (Å²) in [7, 11) is 0. The van der Waals surface area contributed by atoms with Gasteiger partial charge in [-0.15, -0.1) is 0 Å². The molecule has 19 heavy (non-hydrogen) atoms. The topological polar surface area (TPSA) is 99.8 Å². The van der Waals surface area contributed by atoms with Gasteiger partial charge < -0.3 is 19.9 Å². The average molecular weight is 326 g/mol. The van der Waals surface area contributed by atoms with Crippen LogP contribution in [0.25, 0.3) is 0 Å². The summed E-state index contributed by atoms with van der Waals surface area (Å²) in [6.07, 6.45) is 1.35. The molecule has 0 fully saturated rings. The molecule has 1 heterocycles. The fraction of sp³-hybridized carbons (Fsp3) is 0. The van der Waals surface area contributed by atoms with E-state index in [0.29, 0.717) is 0 Å². The molecule has 0 spiro atoms. The number of hydrogen-bond acceptors (Lipinski definition) is 4. The number of amides is 1. The number of nitrogens with one attached hydrogen (secondary N) is 1. The van der Waals surface area contributed by atoms with Crippen LogP contribution in [0.4, 0.5) is 5.69 Å². The van der Waals surface area contributed by atoms with E-state index in [0.717, 1.165) is 0 Å². The van der Waals surface area contributed by atoms with Gasteiger partial charge in [-0.25, -0.2) is 4.79 Å². The quantitative estimate of drug-likeness (QED) is 0.753. The van der Waals surface area contributed by atoms with Crippen LogP contribution < -0.4 is 5.32 Å². The molecule has 0 aliphatic carbocycles. The monoisotopic (exact) mass is 325 g/mol. The molecule has 6 nitrogen and oxygen atoms in total. The first-order valence-corrected chi connectivity index (χ1v) is 5.89. The van der Waals surface area contributed by atoms with Crippen LogP contribution in [0.3, 0.4) is 0 Å². The van der Waals surface area contributed by atoms with Crippen molar-refractivity contribution in [2.75, 3.05) is 5.32 Å². The van der Waals surface area contributed by atoms with Gasteiger partial charge in [-0.05, 0) is 40.2 Å². The maximum atomic E-state index is 11.9. The van der Waals surface area contributed by atoms with Crippen molar-refractivity contribution in [2.45, 2.75) is 0 Å². The number of carbonyl (C=O) groups is 2. The molecule has 0 radical (unpaired) electrons. The molecule has 0 unspecified atom stereocenters. The Morgan fingerprint density at radius 1 is 1.21 bits per heavy atom. The molecular weight excluding hydrogens is 318 g/mol. The lowest BCUT2D eigenvalue weighted by Crippen LogP contribution is -2.12. The molecule has 0 saturated carbocycles. The minimum atomic E-state index is -1.28. The molecule has 1 amide bonds. The normalized spacial score (nSPS) is 10.2. The van der Waals surface area contributed by atoms with Gasteiger partial charge in [0.2, 0.25) is 0 Å². The maximum Gasteiger partial charge on any atom is 0.339 e. The van der Waals surface area contributed by atoms with Gasteiger partial charge in [0.15, 0.2) is 4.67 Å². The Morgan fingerprint density at radius 2 is 1.95 bits per heavy atom. The number of phenols is 1. The maximum absolute atomic E-state index is 11.9. The molecule has 2 rings (SSSR count). The molecule has 0 atom stereocenters. The first kappa shape index (κ1) is 13.2. The van der Waals surface area contributed by atoms with E-state index < -0.39 is 11.9 Å². The van der Waals surface area contributed by atoms with E-state index in [-0.39, 0.29) is 27.2 Å². The third kappa shape index (κ3) is 2.76. The third-order valence-corrected chi connectivity index (χ3v) is 2.96. The lowest BCUT2D eigenvalue weighted by molar-refractivity contribution is 0.0693. The van der Waals surface area contributed by atoms with Crippen molar-refractivity contribution >= 4 is 33.5 Å². The highest BCUT2D eigenvalue weighted by atomic mass is 79.9. The zero-order valence-corrected chi connectivity index (χ0v) is 11.0. The number of carboxylic acid groups (broad SMARTS) is 1. The number of benzene rings is 1. The van der Waals surface area contributed by atoms with E-state index in [1.54, 1.807) is 0 Å². The summed E-state index contributed by atoms with van der Waals surface area (Å²) in [5.74, 6) is -2.10. The Morgan fingerprint density at radius 3 is 2.53 bits per heavy atom.